The molecular weight excluding hydrogens is 254 g/mol. The van der Waals surface area contributed by atoms with Gasteiger partial charge in [0, 0.05) is 12.8 Å². The minimum absolute atomic E-state index is 0.149. The summed E-state index contributed by atoms with van der Waals surface area (Å²) in [5, 5.41) is 9.29. The topological polar surface area (TPSA) is 42.2 Å². The Morgan fingerprint density at radius 2 is 1.89 bits per heavy atom. The highest BCUT2D eigenvalue weighted by Gasteiger charge is 2.48. The van der Waals surface area contributed by atoms with Gasteiger partial charge >= 0.3 is 0 Å². The number of nitriles is 1. The van der Waals surface area contributed by atoms with Crippen LogP contribution in [-0.2, 0) is 15.8 Å². The standard InChI is InChI=1S/C15H21NO2Si/c1-19(2,3)18-15(12-16)9-14(10-15)17-11-13-7-5-4-6-8-13/h4-8,14H,9-11H2,1-3H3. The van der Waals surface area contributed by atoms with Crippen molar-refractivity contribution in [3.63, 3.8) is 0 Å². The van der Waals surface area contributed by atoms with E-state index in [1.807, 2.05) is 18.2 Å². The van der Waals surface area contributed by atoms with Crippen LogP contribution >= 0.6 is 0 Å². The highest BCUT2D eigenvalue weighted by molar-refractivity contribution is 6.69. The van der Waals surface area contributed by atoms with E-state index in [0.29, 0.717) is 19.4 Å². The molecule has 0 atom stereocenters. The van der Waals surface area contributed by atoms with Gasteiger partial charge in [-0.05, 0) is 25.2 Å². The largest absolute Gasteiger partial charge is 0.400 e. The molecule has 0 aromatic heterocycles. The number of benzene rings is 1. The lowest BCUT2D eigenvalue weighted by Gasteiger charge is -2.45. The first-order valence-electron chi connectivity index (χ1n) is 6.69. The molecule has 0 N–H and O–H groups in total. The Morgan fingerprint density at radius 1 is 1.26 bits per heavy atom. The number of ether oxygens (including phenoxy) is 1. The van der Waals surface area contributed by atoms with Crippen LogP contribution in [0.4, 0.5) is 0 Å². The molecule has 1 aromatic carbocycles. The molecule has 2 rings (SSSR count). The van der Waals surface area contributed by atoms with Crippen LogP contribution in [0.2, 0.25) is 19.6 Å². The van der Waals surface area contributed by atoms with Gasteiger partial charge in [-0.15, -0.1) is 0 Å². The predicted octanol–water partition coefficient (Wildman–Crippen LogP) is 3.48. The van der Waals surface area contributed by atoms with E-state index in [0.717, 1.165) is 0 Å². The number of hydrogen-bond acceptors (Lipinski definition) is 3. The number of nitrogens with zero attached hydrogens (tertiary/aromatic N) is 1. The minimum atomic E-state index is -1.68. The first-order valence-corrected chi connectivity index (χ1v) is 10.1. The zero-order valence-electron chi connectivity index (χ0n) is 11.8. The summed E-state index contributed by atoms with van der Waals surface area (Å²) in [6.07, 6.45) is 1.54. The second-order valence-electron chi connectivity index (χ2n) is 6.15. The van der Waals surface area contributed by atoms with Crippen molar-refractivity contribution >= 4 is 8.32 Å². The Bertz CT molecular complexity index is 455. The normalized spacial score (nSPS) is 26.5. The lowest BCUT2D eigenvalue weighted by atomic mass is 9.79. The van der Waals surface area contributed by atoms with Crippen LogP contribution in [0.1, 0.15) is 18.4 Å². The first-order chi connectivity index (χ1) is 8.92. The minimum Gasteiger partial charge on any atom is -0.400 e. The molecule has 1 saturated carbocycles. The summed E-state index contributed by atoms with van der Waals surface area (Å²) in [6, 6.07) is 12.4. The van der Waals surface area contributed by atoms with Gasteiger partial charge in [0.1, 0.15) is 5.60 Å². The van der Waals surface area contributed by atoms with Gasteiger partial charge in [0.25, 0.3) is 0 Å². The van der Waals surface area contributed by atoms with Crippen molar-refractivity contribution in [1.29, 1.82) is 5.26 Å². The highest BCUT2D eigenvalue weighted by atomic mass is 28.4. The summed E-state index contributed by atoms with van der Waals surface area (Å²) in [5.41, 5.74) is 0.578. The molecular formula is C15H21NO2Si. The molecule has 0 aliphatic heterocycles. The predicted molar refractivity (Wildman–Crippen MR) is 77.0 cm³/mol. The monoisotopic (exact) mass is 275 g/mol. The second kappa shape index (κ2) is 5.46. The average Bonchev–Trinajstić information content (AvgIpc) is 2.31. The average molecular weight is 275 g/mol. The van der Waals surface area contributed by atoms with Gasteiger partial charge < -0.3 is 9.16 Å². The van der Waals surface area contributed by atoms with Crippen LogP contribution in [0.25, 0.3) is 0 Å². The maximum atomic E-state index is 9.29. The van der Waals surface area contributed by atoms with Gasteiger partial charge in [-0.1, -0.05) is 30.3 Å². The number of rotatable bonds is 5. The van der Waals surface area contributed by atoms with Crippen molar-refractivity contribution < 1.29 is 9.16 Å². The molecule has 1 aliphatic rings. The van der Waals surface area contributed by atoms with E-state index in [1.165, 1.54) is 5.56 Å². The Labute approximate surface area is 116 Å². The van der Waals surface area contributed by atoms with Gasteiger partial charge in [0.05, 0.1) is 18.8 Å². The van der Waals surface area contributed by atoms with Crippen LogP contribution in [0.5, 0.6) is 0 Å². The molecule has 0 saturated heterocycles. The van der Waals surface area contributed by atoms with Crippen molar-refractivity contribution in [1.82, 2.24) is 0 Å². The van der Waals surface area contributed by atoms with E-state index in [4.69, 9.17) is 9.16 Å². The lowest BCUT2D eigenvalue weighted by molar-refractivity contribution is -0.105. The fourth-order valence-electron chi connectivity index (χ4n) is 2.37. The zero-order chi connectivity index (χ0) is 13.9. The van der Waals surface area contributed by atoms with Crippen LogP contribution in [0.15, 0.2) is 30.3 Å². The fourth-order valence-corrected chi connectivity index (χ4v) is 3.75. The molecule has 1 aliphatic carbocycles. The van der Waals surface area contributed by atoms with Gasteiger partial charge in [-0.25, -0.2) is 0 Å². The third kappa shape index (κ3) is 3.90. The molecule has 1 fully saturated rings. The SMILES string of the molecule is C[Si](C)(C)OC1(C#N)CC(OCc2ccccc2)C1. The third-order valence-electron chi connectivity index (χ3n) is 3.15. The van der Waals surface area contributed by atoms with Crippen molar-refractivity contribution in [2.45, 2.75) is 50.8 Å². The Kier molecular flexibility index (Phi) is 4.09. The Hall–Kier alpha value is -1.15. The van der Waals surface area contributed by atoms with Crippen molar-refractivity contribution in [3.05, 3.63) is 35.9 Å². The van der Waals surface area contributed by atoms with E-state index < -0.39 is 13.9 Å². The highest BCUT2D eigenvalue weighted by Crippen LogP contribution is 2.39. The summed E-state index contributed by atoms with van der Waals surface area (Å²) in [5.74, 6) is 0. The maximum Gasteiger partial charge on any atom is 0.185 e. The van der Waals surface area contributed by atoms with Crippen molar-refractivity contribution in [2.75, 3.05) is 0 Å². The molecule has 0 amide bonds. The molecule has 0 spiro atoms. The van der Waals surface area contributed by atoms with Crippen molar-refractivity contribution in [3.8, 4) is 6.07 Å². The molecule has 0 radical (unpaired) electrons. The molecule has 1 aromatic rings. The van der Waals surface area contributed by atoms with E-state index in [9.17, 15) is 5.26 Å². The summed E-state index contributed by atoms with van der Waals surface area (Å²) in [6.45, 7) is 6.96. The van der Waals surface area contributed by atoms with Crippen LogP contribution < -0.4 is 0 Å². The second-order valence-corrected chi connectivity index (χ2v) is 10.6. The molecule has 4 heteroatoms. The maximum absolute atomic E-state index is 9.29. The van der Waals surface area contributed by atoms with Crippen LogP contribution in [0.3, 0.4) is 0 Å². The quantitative estimate of drug-likeness (QED) is 0.773. The van der Waals surface area contributed by atoms with E-state index in [1.54, 1.807) is 0 Å². The summed E-state index contributed by atoms with van der Waals surface area (Å²) < 4.78 is 11.8. The molecule has 0 bridgehead atoms. The zero-order valence-corrected chi connectivity index (χ0v) is 12.8. The number of hydrogen-bond donors (Lipinski definition) is 0. The van der Waals surface area contributed by atoms with Gasteiger partial charge in [0.15, 0.2) is 8.32 Å². The van der Waals surface area contributed by atoms with E-state index in [2.05, 4.69) is 37.8 Å². The summed E-state index contributed by atoms with van der Waals surface area (Å²) in [7, 11) is -1.68. The van der Waals surface area contributed by atoms with Gasteiger partial charge in [-0.3, -0.25) is 0 Å². The van der Waals surface area contributed by atoms with Crippen LogP contribution in [-0.4, -0.2) is 20.0 Å². The molecule has 0 unspecified atom stereocenters. The third-order valence-corrected chi connectivity index (χ3v) is 4.15. The summed E-state index contributed by atoms with van der Waals surface area (Å²) >= 11 is 0. The van der Waals surface area contributed by atoms with E-state index >= 15 is 0 Å². The first kappa shape index (κ1) is 14.3. The van der Waals surface area contributed by atoms with E-state index in [-0.39, 0.29) is 6.10 Å². The van der Waals surface area contributed by atoms with Crippen molar-refractivity contribution in [2.24, 2.45) is 0 Å². The smallest absolute Gasteiger partial charge is 0.185 e. The summed E-state index contributed by atoms with van der Waals surface area (Å²) in [4.78, 5) is 0. The molecule has 3 nitrogen and oxygen atoms in total. The Balaban J connectivity index is 1.81. The lowest BCUT2D eigenvalue weighted by Crippen LogP contribution is -2.53. The van der Waals surface area contributed by atoms with Gasteiger partial charge in [-0.2, -0.15) is 5.26 Å². The molecule has 102 valence electrons. The fraction of sp³-hybridized carbons (Fsp3) is 0.533. The molecule has 0 heterocycles. The van der Waals surface area contributed by atoms with Gasteiger partial charge in [0.2, 0.25) is 0 Å². The molecule has 19 heavy (non-hydrogen) atoms. The van der Waals surface area contributed by atoms with Crippen LogP contribution in [0, 0.1) is 11.3 Å². The Morgan fingerprint density at radius 3 is 2.42 bits per heavy atom.